The predicted molar refractivity (Wildman–Crippen MR) is 45.0 cm³/mol. The lowest BCUT2D eigenvalue weighted by molar-refractivity contribution is -0.389. The number of carbonyl (C=O) groups is 1. The van der Waals surface area contributed by atoms with Crippen LogP contribution >= 0.6 is 0 Å². The molecule has 0 fully saturated rings. The van der Waals surface area contributed by atoms with Crippen LogP contribution in [0, 0.1) is 10.1 Å². The van der Waals surface area contributed by atoms with Crippen molar-refractivity contribution in [1.82, 2.24) is 4.98 Å². The van der Waals surface area contributed by atoms with Gasteiger partial charge in [0.15, 0.2) is 0 Å². The Hall–Kier alpha value is -2.18. The van der Waals surface area contributed by atoms with Crippen molar-refractivity contribution in [2.45, 2.75) is 0 Å². The smallest absolute Gasteiger partial charge is 0.367 e. The second kappa shape index (κ2) is 2.95. The van der Waals surface area contributed by atoms with Gasteiger partial charge in [0.25, 0.3) is 0 Å². The van der Waals surface area contributed by atoms with Gasteiger partial charge in [-0.2, -0.15) is 0 Å². The maximum Gasteiger partial charge on any atom is 0.367 e. The van der Waals surface area contributed by atoms with Crippen LogP contribution in [0.5, 0.6) is 5.88 Å². The third-order valence-electron chi connectivity index (χ3n) is 1.67. The first-order valence-electron chi connectivity index (χ1n) is 3.77. The van der Waals surface area contributed by atoms with Crippen molar-refractivity contribution in [3.8, 4) is 5.88 Å². The van der Waals surface area contributed by atoms with Crippen molar-refractivity contribution in [2.75, 3.05) is 11.9 Å². The second-order valence-electron chi connectivity index (χ2n) is 2.61. The van der Waals surface area contributed by atoms with Gasteiger partial charge in [-0.15, -0.1) is 0 Å². The van der Waals surface area contributed by atoms with E-state index in [1.807, 2.05) is 0 Å². The number of hydrogen-bond donors (Lipinski definition) is 1. The van der Waals surface area contributed by atoms with Gasteiger partial charge in [0.2, 0.25) is 0 Å². The van der Waals surface area contributed by atoms with E-state index in [1.54, 1.807) is 0 Å². The number of nitrogens with one attached hydrogen (secondary N) is 1. The van der Waals surface area contributed by atoms with E-state index in [1.165, 1.54) is 12.1 Å². The molecule has 7 nitrogen and oxygen atoms in total. The third-order valence-corrected chi connectivity index (χ3v) is 1.67. The summed E-state index contributed by atoms with van der Waals surface area (Å²) in [5.74, 6) is -0.902. The molecule has 72 valence electrons. The Morgan fingerprint density at radius 3 is 3.07 bits per heavy atom. The molecule has 14 heavy (non-hydrogen) atoms. The highest BCUT2D eigenvalue weighted by Gasteiger charge is 2.23. The molecule has 1 N–H and O–H groups in total. The Morgan fingerprint density at radius 2 is 2.36 bits per heavy atom. The molecule has 1 aromatic rings. The number of ether oxygens (including phenoxy) is 1. The summed E-state index contributed by atoms with van der Waals surface area (Å²) in [5, 5.41) is 13.1. The topological polar surface area (TPSA) is 94.4 Å². The summed E-state index contributed by atoms with van der Waals surface area (Å²) in [4.78, 5) is 24.1. The summed E-state index contributed by atoms with van der Waals surface area (Å²) in [6, 6.07) is 2.69. The molecule has 0 aromatic carbocycles. The zero-order valence-electron chi connectivity index (χ0n) is 6.89. The van der Waals surface area contributed by atoms with Crippen molar-refractivity contribution in [2.24, 2.45) is 0 Å². The van der Waals surface area contributed by atoms with E-state index in [4.69, 9.17) is 4.74 Å². The number of nitrogens with zero attached hydrogens (tertiary/aromatic N) is 2. The largest absolute Gasteiger partial charge is 0.384 e. The predicted octanol–water partition coefficient (Wildman–Crippen LogP) is 0.321. The lowest BCUT2D eigenvalue weighted by Gasteiger charge is -2.12. The highest BCUT2D eigenvalue weighted by molar-refractivity contribution is 5.82. The first kappa shape index (κ1) is 8.42. The molecule has 0 unspecified atom stereocenters. The van der Waals surface area contributed by atoms with Crippen LogP contribution in [0.2, 0.25) is 0 Å². The first-order valence-corrected chi connectivity index (χ1v) is 3.77. The molecule has 7 heteroatoms. The van der Waals surface area contributed by atoms with E-state index in [9.17, 15) is 14.9 Å². The van der Waals surface area contributed by atoms with Gasteiger partial charge in [-0.25, -0.2) is 4.79 Å². The molecule has 1 aromatic heterocycles. The second-order valence-corrected chi connectivity index (χ2v) is 2.61. The van der Waals surface area contributed by atoms with Crippen molar-refractivity contribution >= 4 is 17.5 Å². The Morgan fingerprint density at radius 1 is 1.57 bits per heavy atom. The molecule has 1 aliphatic rings. The van der Waals surface area contributed by atoms with Crippen molar-refractivity contribution in [3.05, 3.63) is 22.2 Å². The fourth-order valence-electron chi connectivity index (χ4n) is 1.06. The maximum atomic E-state index is 10.8. The Balaban J connectivity index is 2.42. The molecule has 2 rings (SSSR count). The molecule has 0 saturated carbocycles. The minimum absolute atomic E-state index is 0.0459. The fourth-order valence-corrected chi connectivity index (χ4v) is 1.06. The molecule has 0 saturated heterocycles. The molecule has 0 radical (unpaired) electrons. The van der Waals surface area contributed by atoms with Crippen molar-refractivity contribution in [3.63, 3.8) is 0 Å². The van der Waals surface area contributed by atoms with Crippen molar-refractivity contribution in [1.29, 1.82) is 0 Å². The maximum absolute atomic E-state index is 10.8. The number of carbonyl (C=O) groups excluding carboxylic acids is 1. The Bertz CT molecular complexity index is 417. The van der Waals surface area contributed by atoms with E-state index >= 15 is 0 Å². The lowest BCUT2D eigenvalue weighted by atomic mass is 10.3. The molecule has 0 aliphatic carbocycles. The Kier molecular flexibility index (Phi) is 1.77. The van der Waals surface area contributed by atoms with Gasteiger partial charge < -0.3 is 20.2 Å². The minimum Gasteiger partial charge on any atom is -0.384 e. The number of anilines is 1. The molecule has 0 atom stereocenters. The van der Waals surface area contributed by atoms with Crippen LogP contribution < -0.4 is 10.1 Å². The highest BCUT2D eigenvalue weighted by atomic mass is 16.6. The first-order chi connectivity index (χ1) is 6.66. The number of pyridine rings is 1. The van der Waals surface area contributed by atoms with E-state index in [2.05, 4.69) is 10.3 Å². The average molecular weight is 195 g/mol. The SMILES string of the molecule is O=C1CNc2ccc([N+](=O)[O-])nc2O1. The van der Waals surface area contributed by atoms with E-state index < -0.39 is 10.9 Å². The van der Waals surface area contributed by atoms with Crippen LogP contribution in [0.4, 0.5) is 11.5 Å². The third kappa shape index (κ3) is 1.35. The van der Waals surface area contributed by atoms with Crippen LogP contribution in [0.3, 0.4) is 0 Å². The minimum atomic E-state index is -0.650. The van der Waals surface area contributed by atoms with Crippen LogP contribution in [0.15, 0.2) is 12.1 Å². The summed E-state index contributed by atoms with van der Waals surface area (Å²) < 4.78 is 4.71. The van der Waals surface area contributed by atoms with Gasteiger partial charge in [0.1, 0.15) is 12.2 Å². The Labute approximate surface area is 77.9 Å². The van der Waals surface area contributed by atoms with Gasteiger partial charge in [0.05, 0.1) is 0 Å². The highest BCUT2D eigenvalue weighted by Crippen LogP contribution is 2.27. The van der Waals surface area contributed by atoms with E-state index in [-0.39, 0.29) is 18.2 Å². The monoisotopic (exact) mass is 195 g/mol. The number of hydrogen-bond acceptors (Lipinski definition) is 6. The molecular formula is C7H5N3O4. The summed E-state index contributed by atoms with van der Waals surface area (Å²) in [5.41, 5.74) is 0.482. The number of nitro groups is 1. The lowest BCUT2D eigenvalue weighted by Crippen LogP contribution is -2.25. The van der Waals surface area contributed by atoms with E-state index in [0.29, 0.717) is 5.69 Å². The van der Waals surface area contributed by atoms with Crippen LogP contribution in [-0.2, 0) is 4.79 Å². The van der Waals surface area contributed by atoms with Crippen LogP contribution in [0.1, 0.15) is 0 Å². The summed E-state index contributed by atoms with van der Waals surface area (Å²) in [6.45, 7) is 0.0481. The fraction of sp³-hybridized carbons (Fsp3) is 0.143. The standard InChI is InChI=1S/C7H5N3O4/c11-6-3-8-4-1-2-5(10(12)13)9-7(4)14-6/h1-2,8H,3H2. The van der Waals surface area contributed by atoms with Crippen molar-refractivity contribution < 1.29 is 14.5 Å². The number of esters is 1. The normalized spacial score (nSPS) is 13.9. The summed E-state index contributed by atoms with van der Waals surface area (Å²) >= 11 is 0. The van der Waals surface area contributed by atoms with Gasteiger partial charge >= 0.3 is 17.7 Å². The van der Waals surface area contributed by atoms with E-state index in [0.717, 1.165) is 0 Å². The van der Waals surface area contributed by atoms with Crippen LogP contribution in [0.25, 0.3) is 0 Å². The van der Waals surface area contributed by atoms with Gasteiger partial charge in [-0.05, 0) is 11.0 Å². The van der Waals surface area contributed by atoms with Gasteiger partial charge in [0, 0.05) is 11.1 Å². The molecule has 2 heterocycles. The zero-order chi connectivity index (χ0) is 10.1. The quantitative estimate of drug-likeness (QED) is 0.394. The molecule has 0 bridgehead atoms. The summed E-state index contributed by atoms with van der Waals surface area (Å²) in [7, 11) is 0. The zero-order valence-corrected chi connectivity index (χ0v) is 6.89. The molecule has 0 spiro atoms. The molecular weight excluding hydrogens is 190 g/mol. The molecule has 0 amide bonds. The average Bonchev–Trinajstić information content (AvgIpc) is 2.16. The number of aromatic nitrogens is 1. The number of rotatable bonds is 1. The number of fused-ring (bicyclic) bond motifs is 1. The van der Waals surface area contributed by atoms with Crippen LogP contribution in [-0.4, -0.2) is 22.4 Å². The van der Waals surface area contributed by atoms with Gasteiger partial charge in [-0.3, -0.25) is 0 Å². The molecule has 1 aliphatic heterocycles. The van der Waals surface area contributed by atoms with Gasteiger partial charge in [-0.1, -0.05) is 0 Å². The summed E-state index contributed by atoms with van der Waals surface area (Å²) in [6.07, 6.45) is 0.